The molecular formula is C9H13BrN2S. The molecule has 13 heavy (non-hydrogen) atoms. The highest BCUT2D eigenvalue weighted by molar-refractivity contribution is 8.93. The van der Waals surface area contributed by atoms with Gasteiger partial charge in [0, 0.05) is 11.4 Å². The highest BCUT2D eigenvalue weighted by atomic mass is 79.9. The number of hydrogen-bond acceptors (Lipinski definition) is 2. The number of anilines is 1. The van der Waals surface area contributed by atoms with E-state index in [1.54, 1.807) is 0 Å². The molecule has 0 saturated heterocycles. The number of benzene rings is 1. The molecule has 0 amide bonds. The lowest BCUT2D eigenvalue weighted by molar-refractivity contribution is 0.950. The van der Waals surface area contributed by atoms with E-state index in [4.69, 9.17) is 4.78 Å². The van der Waals surface area contributed by atoms with E-state index in [0.29, 0.717) is 0 Å². The Bertz CT molecular complexity index is 327. The molecule has 0 saturated carbocycles. The van der Waals surface area contributed by atoms with Crippen LogP contribution in [-0.2, 0) is 10.7 Å². The first-order chi connectivity index (χ1) is 5.83. The molecule has 0 bridgehead atoms. The van der Waals surface area contributed by atoms with Crippen LogP contribution in [0, 0.1) is 4.78 Å². The molecule has 1 aromatic carbocycles. The standard InChI is InChI=1S/C9H12N2S.BrH/c1-2-11-7-12(10)9-6-4-3-5-8(9)11;/h3-6,10H,2,7H2,1H3;1H. The lowest BCUT2D eigenvalue weighted by Gasteiger charge is -2.14. The Kier molecular flexibility index (Phi) is 3.50. The lowest BCUT2D eigenvalue weighted by Crippen LogP contribution is -2.19. The van der Waals surface area contributed by atoms with Gasteiger partial charge in [-0.05, 0) is 19.1 Å². The highest BCUT2D eigenvalue weighted by Gasteiger charge is 2.20. The highest BCUT2D eigenvalue weighted by Crippen LogP contribution is 2.30. The van der Waals surface area contributed by atoms with Crippen molar-refractivity contribution in [2.24, 2.45) is 0 Å². The predicted octanol–water partition coefficient (Wildman–Crippen LogP) is 2.80. The maximum atomic E-state index is 7.83. The number of rotatable bonds is 1. The molecule has 2 nitrogen and oxygen atoms in total. The molecule has 4 heteroatoms. The van der Waals surface area contributed by atoms with Crippen LogP contribution in [0.2, 0.25) is 0 Å². The van der Waals surface area contributed by atoms with Crippen LogP contribution in [0.1, 0.15) is 6.92 Å². The van der Waals surface area contributed by atoms with Crippen molar-refractivity contribution in [2.45, 2.75) is 11.8 Å². The maximum absolute atomic E-state index is 7.83. The zero-order valence-electron chi connectivity index (χ0n) is 7.49. The Hall–Kier alpha value is -0.350. The van der Waals surface area contributed by atoms with Crippen molar-refractivity contribution in [1.82, 2.24) is 0 Å². The first kappa shape index (κ1) is 10.7. The summed E-state index contributed by atoms with van der Waals surface area (Å²) in [6, 6.07) is 8.25. The molecule has 72 valence electrons. The lowest BCUT2D eigenvalue weighted by atomic mass is 10.3. The molecule has 0 spiro atoms. The van der Waals surface area contributed by atoms with E-state index in [9.17, 15) is 0 Å². The molecule has 0 fully saturated rings. The van der Waals surface area contributed by atoms with Gasteiger partial charge in [-0.15, -0.1) is 17.0 Å². The first-order valence-electron chi connectivity index (χ1n) is 4.09. The predicted molar refractivity (Wildman–Crippen MR) is 63.0 cm³/mol. The molecule has 1 aliphatic rings. The Morgan fingerprint density at radius 2 is 2.15 bits per heavy atom. The molecular weight excluding hydrogens is 248 g/mol. The quantitative estimate of drug-likeness (QED) is 0.826. The van der Waals surface area contributed by atoms with Gasteiger partial charge in [0.1, 0.15) is 0 Å². The minimum absolute atomic E-state index is 0. The summed E-state index contributed by atoms with van der Waals surface area (Å²) in [6.45, 7) is 3.15. The third-order valence-corrected chi connectivity index (χ3v) is 3.58. The zero-order valence-corrected chi connectivity index (χ0v) is 10.0. The van der Waals surface area contributed by atoms with Crippen molar-refractivity contribution in [1.29, 1.82) is 4.78 Å². The van der Waals surface area contributed by atoms with E-state index in [2.05, 4.69) is 24.0 Å². The van der Waals surface area contributed by atoms with E-state index in [1.165, 1.54) is 10.6 Å². The van der Waals surface area contributed by atoms with Gasteiger partial charge in [-0.25, -0.2) is 0 Å². The van der Waals surface area contributed by atoms with Crippen molar-refractivity contribution in [3.63, 3.8) is 0 Å². The average Bonchev–Trinajstić information content (AvgIpc) is 2.44. The van der Waals surface area contributed by atoms with E-state index in [-0.39, 0.29) is 27.7 Å². The molecule has 1 aromatic rings. The second-order valence-electron chi connectivity index (χ2n) is 2.84. The molecule has 1 heterocycles. The molecule has 1 atom stereocenters. The molecule has 2 rings (SSSR count). The van der Waals surface area contributed by atoms with Gasteiger partial charge in [0.25, 0.3) is 0 Å². The topological polar surface area (TPSA) is 27.1 Å². The van der Waals surface area contributed by atoms with Crippen molar-refractivity contribution in [3.8, 4) is 0 Å². The summed E-state index contributed by atoms with van der Waals surface area (Å²) in [5, 5.41) is 0. The normalized spacial score (nSPS) is 19.5. The maximum Gasteiger partial charge on any atom is 0.0789 e. The van der Waals surface area contributed by atoms with Gasteiger partial charge in [0.05, 0.1) is 11.6 Å². The fourth-order valence-electron chi connectivity index (χ4n) is 1.48. The summed E-state index contributed by atoms with van der Waals surface area (Å²) in [7, 11) is -0.302. The number of para-hydroxylation sites is 1. The Balaban J connectivity index is 0.000000845. The largest absolute Gasteiger partial charge is 0.360 e. The summed E-state index contributed by atoms with van der Waals surface area (Å²) in [4.78, 5) is 3.48. The second-order valence-corrected chi connectivity index (χ2v) is 4.32. The molecule has 0 radical (unpaired) electrons. The van der Waals surface area contributed by atoms with Crippen molar-refractivity contribution in [3.05, 3.63) is 24.3 Å². The van der Waals surface area contributed by atoms with E-state index in [1.807, 2.05) is 12.1 Å². The number of hydrogen-bond donors (Lipinski definition) is 1. The second kappa shape index (κ2) is 4.24. The van der Waals surface area contributed by atoms with Crippen LogP contribution >= 0.6 is 17.0 Å². The first-order valence-corrected chi connectivity index (χ1v) is 5.48. The van der Waals surface area contributed by atoms with Crippen LogP contribution in [0.4, 0.5) is 5.69 Å². The number of halogens is 1. The van der Waals surface area contributed by atoms with Gasteiger partial charge in [0.15, 0.2) is 0 Å². The van der Waals surface area contributed by atoms with Gasteiger partial charge in [-0.1, -0.05) is 22.8 Å². The smallest absolute Gasteiger partial charge is 0.0789 e. The summed E-state index contributed by atoms with van der Waals surface area (Å²) in [6.07, 6.45) is 0. The van der Waals surface area contributed by atoms with Gasteiger partial charge >= 0.3 is 0 Å². The molecule has 1 N–H and O–H groups in total. The van der Waals surface area contributed by atoms with Crippen LogP contribution in [0.15, 0.2) is 29.2 Å². The zero-order chi connectivity index (χ0) is 8.55. The number of fused-ring (bicyclic) bond motifs is 1. The Morgan fingerprint density at radius 1 is 1.46 bits per heavy atom. The van der Waals surface area contributed by atoms with E-state index >= 15 is 0 Å². The monoisotopic (exact) mass is 260 g/mol. The van der Waals surface area contributed by atoms with Gasteiger partial charge in [0.2, 0.25) is 0 Å². The van der Waals surface area contributed by atoms with Crippen LogP contribution in [0.25, 0.3) is 0 Å². The molecule has 1 unspecified atom stereocenters. The minimum atomic E-state index is -0.302. The fourth-order valence-corrected chi connectivity index (χ4v) is 2.95. The van der Waals surface area contributed by atoms with Crippen molar-refractivity contribution >= 4 is 33.4 Å². The number of nitrogens with one attached hydrogen (secondary N) is 1. The van der Waals surface area contributed by atoms with E-state index < -0.39 is 0 Å². The average molecular weight is 261 g/mol. The SMILES string of the molecule is Br.CCN1CS(=N)c2ccccc21. The molecule has 1 aliphatic heterocycles. The van der Waals surface area contributed by atoms with Crippen molar-refractivity contribution in [2.75, 3.05) is 17.3 Å². The Morgan fingerprint density at radius 3 is 2.85 bits per heavy atom. The number of nitrogens with zero attached hydrogens (tertiary/aromatic N) is 1. The summed E-state index contributed by atoms with van der Waals surface area (Å²) in [5.74, 6) is 0.885. The summed E-state index contributed by atoms with van der Waals surface area (Å²) in [5.41, 5.74) is 1.26. The van der Waals surface area contributed by atoms with Gasteiger partial charge in [-0.2, -0.15) is 0 Å². The van der Waals surface area contributed by atoms with Crippen molar-refractivity contribution < 1.29 is 0 Å². The van der Waals surface area contributed by atoms with Gasteiger partial charge < -0.3 is 4.90 Å². The van der Waals surface area contributed by atoms with Crippen LogP contribution in [0.3, 0.4) is 0 Å². The third-order valence-electron chi connectivity index (χ3n) is 2.14. The van der Waals surface area contributed by atoms with E-state index in [0.717, 1.165) is 12.4 Å². The fraction of sp³-hybridized carbons (Fsp3) is 0.333. The minimum Gasteiger partial charge on any atom is -0.360 e. The Labute approximate surface area is 91.6 Å². The van der Waals surface area contributed by atoms with Crippen LogP contribution in [-0.4, -0.2) is 12.4 Å². The molecule has 0 aliphatic carbocycles. The van der Waals surface area contributed by atoms with Crippen LogP contribution < -0.4 is 4.90 Å². The van der Waals surface area contributed by atoms with Gasteiger partial charge in [-0.3, -0.25) is 4.78 Å². The summed E-state index contributed by atoms with van der Waals surface area (Å²) < 4.78 is 7.83. The third kappa shape index (κ3) is 1.79. The summed E-state index contributed by atoms with van der Waals surface area (Å²) >= 11 is 0. The van der Waals surface area contributed by atoms with Crippen LogP contribution in [0.5, 0.6) is 0 Å². The molecule has 0 aromatic heterocycles.